The normalized spacial score (nSPS) is 20.3. The zero-order valence-corrected chi connectivity index (χ0v) is 18.8. The summed E-state index contributed by atoms with van der Waals surface area (Å²) >= 11 is 0. The third kappa shape index (κ3) is 5.13. The molecule has 0 unspecified atom stereocenters. The van der Waals surface area contributed by atoms with Crippen LogP contribution in [0.2, 0.25) is 0 Å². The van der Waals surface area contributed by atoms with E-state index in [1.165, 1.54) is 7.11 Å². The number of nitrogen functional groups attached to an aromatic ring is 1. The highest BCUT2D eigenvalue weighted by Crippen LogP contribution is 2.28. The zero-order chi connectivity index (χ0) is 23.4. The maximum absolute atomic E-state index is 13.3. The van der Waals surface area contributed by atoms with Gasteiger partial charge in [-0.05, 0) is 44.6 Å². The van der Waals surface area contributed by atoms with E-state index < -0.39 is 0 Å². The van der Waals surface area contributed by atoms with E-state index in [2.05, 4.69) is 20.4 Å². The molecule has 1 aliphatic heterocycles. The number of esters is 1. The molecule has 9 nitrogen and oxygen atoms in total. The summed E-state index contributed by atoms with van der Waals surface area (Å²) in [5, 5.41) is 19.5. The van der Waals surface area contributed by atoms with Crippen LogP contribution in [0.1, 0.15) is 54.4 Å². The van der Waals surface area contributed by atoms with Gasteiger partial charge in [0.25, 0.3) is 5.91 Å². The number of carbonyl (C=O) groups is 2. The quantitative estimate of drug-likeness (QED) is 0.350. The lowest BCUT2D eigenvalue weighted by Crippen LogP contribution is -2.39. The van der Waals surface area contributed by atoms with Crippen molar-refractivity contribution in [3.05, 3.63) is 41.5 Å². The van der Waals surface area contributed by atoms with E-state index in [0.29, 0.717) is 35.5 Å². The van der Waals surface area contributed by atoms with Crippen LogP contribution in [0.15, 0.2) is 30.3 Å². The van der Waals surface area contributed by atoms with E-state index >= 15 is 0 Å². The molecule has 1 saturated carbocycles. The molecule has 2 heterocycles. The second-order valence-electron chi connectivity index (χ2n) is 8.70. The first-order valence-electron chi connectivity index (χ1n) is 11.4. The average Bonchev–Trinajstić information content (AvgIpc) is 3.38. The molecule has 174 valence electrons. The molecular weight excluding hydrogens is 420 g/mol. The van der Waals surface area contributed by atoms with Crippen LogP contribution < -0.4 is 16.0 Å². The van der Waals surface area contributed by atoms with Crippen molar-refractivity contribution in [3.8, 4) is 11.3 Å². The minimum atomic E-state index is -0.171. The monoisotopic (exact) mass is 450 g/mol. The lowest BCUT2D eigenvalue weighted by molar-refractivity contribution is -0.146. The first-order chi connectivity index (χ1) is 16.0. The highest BCUT2D eigenvalue weighted by Gasteiger charge is 2.29. The molecule has 4 N–H and O–H groups in total. The van der Waals surface area contributed by atoms with Crippen molar-refractivity contribution in [3.63, 3.8) is 0 Å². The van der Waals surface area contributed by atoms with Crippen molar-refractivity contribution in [2.45, 2.75) is 44.6 Å². The van der Waals surface area contributed by atoms with Gasteiger partial charge in [-0.2, -0.15) is 0 Å². The number of amides is 1. The number of carbonyl (C=O) groups excluding carboxylic acids is 2. The molecule has 1 aromatic heterocycles. The van der Waals surface area contributed by atoms with Gasteiger partial charge in [-0.25, -0.2) is 0 Å². The van der Waals surface area contributed by atoms with Gasteiger partial charge >= 0.3 is 5.97 Å². The van der Waals surface area contributed by atoms with Gasteiger partial charge in [-0.1, -0.05) is 24.3 Å². The number of nitrogens with one attached hydrogen (secondary N) is 2. The molecule has 1 aliphatic carbocycles. The Kier molecular flexibility index (Phi) is 6.86. The van der Waals surface area contributed by atoms with Gasteiger partial charge in [-0.15, -0.1) is 10.2 Å². The second-order valence-corrected chi connectivity index (χ2v) is 8.70. The Morgan fingerprint density at radius 1 is 1.09 bits per heavy atom. The summed E-state index contributed by atoms with van der Waals surface area (Å²) < 4.78 is 4.86. The maximum atomic E-state index is 13.3. The minimum Gasteiger partial charge on any atom is -0.469 e. The number of hydrogen-bond donors (Lipinski definition) is 3. The predicted octanol–water partition coefficient (Wildman–Crippen LogP) is 2.49. The number of methoxy groups -OCH3 is 1. The van der Waals surface area contributed by atoms with Gasteiger partial charge in [0.1, 0.15) is 5.84 Å². The lowest BCUT2D eigenvalue weighted by Gasteiger charge is -2.28. The van der Waals surface area contributed by atoms with Crippen LogP contribution in [0.4, 0.5) is 5.82 Å². The van der Waals surface area contributed by atoms with Gasteiger partial charge in [0.05, 0.1) is 24.3 Å². The van der Waals surface area contributed by atoms with E-state index in [0.717, 1.165) is 44.3 Å². The number of anilines is 1. The Balaban J connectivity index is 1.55. The number of hydrogen-bond acceptors (Lipinski definition) is 7. The molecule has 1 amide bonds. The molecule has 0 radical (unpaired) electrons. The number of rotatable bonds is 6. The molecule has 2 aromatic rings. The van der Waals surface area contributed by atoms with Crippen molar-refractivity contribution in [2.24, 2.45) is 11.7 Å². The van der Waals surface area contributed by atoms with E-state index in [1.807, 2.05) is 12.1 Å². The van der Waals surface area contributed by atoms with Gasteiger partial charge in [0, 0.05) is 30.3 Å². The standard InChI is InChI=1S/C24H30N6O3/c1-33-24(32)17-8-10-18(11-9-17)27-23(31)19-14-20(15-4-6-16(7-5-15)21(25)26)28-29-22(19)30-12-2-3-13-30/h4-7,14,17-18H,2-3,8-13H2,1H3,(H3,25,26)(H,27,31). The molecule has 0 bridgehead atoms. The van der Waals surface area contributed by atoms with Crippen molar-refractivity contribution >= 4 is 23.5 Å². The SMILES string of the molecule is COC(=O)C1CCC(NC(=O)c2cc(-c3ccc(C(=N)N)cc3)nnc2N2CCCC2)CC1. The Hall–Kier alpha value is -3.49. The number of ether oxygens (including phenoxy) is 1. The molecule has 4 rings (SSSR count). The highest BCUT2D eigenvalue weighted by atomic mass is 16.5. The average molecular weight is 451 g/mol. The molecule has 0 atom stereocenters. The van der Waals surface area contributed by atoms with Crippen LogP contribution in [-0.4, -0.2) is 54.2 Å². The lowest BCUT2D eigenvalue weighted by atomic mass is 9.86. The van der Waals surface area contributed by atoms with E-state index in [4.69, 9.17) is 15.9 Å². The van der Waals surface area contributed by atoms with Gasteiger partial charge in [-0.3, -0.25) is 15.0 Å². The van der Waals surface area contributed by atoms with E-state index in [-0.39, 0.29) is 29.7 Å². The number of nitrogens with zero attached hydrogens (tertiary/aromatic N) is 3. The van der Waals surface area contributed by atoms with Crippen molar-refractivity contribution in [1.29, 1.82) is 5.41 Å². The van der Waals surface area contributed by atoms with Crippen molar-refractivity contribution in [2.75, 3.05) is 25.1 Å². The summed E-state index contributed by atoms with van der Waals surface area (Å²) in [6, 6.07) is 8.97. The predicted molar refractivity (Wildman–Crippen MR) is 125 cm³/mol. The first-order valence-corrected chi connectivity index (χ1v) is 11.4. The van der Waals surface area contributed by atoms with Crippen molar-refractivity contribution in [1.82, 2.24) is 15.5 Å². The summed E-state index contributed by atoms with van der Waals surface area (Å²) in [5.41, 5.74) is 8.07. The van der Waals surface area contributed by atoms with Gasteiger partial charge in [0.15, 0.2) is 5.82 Å². The molecule has 2 fully saturated rings. The molecular formula is C24H30N6O3. The number of aromatic nitrogens is 2. The van der Waals surface area contributed by atoms with Crippen LogP contribution in [0, 0.1) is 11.3 Å². The zero-order valence-electron chi connectivity index (χ0n) is 18.8. The van der Waals surface area contributed by atoms with Gasteiger partial charge in [0.2, 0.25) is 0 Å². The summed E-state index contributed by atoms with van der Waals surface area (Å²) in [7, 11) is 1.41. The fourth-order valence-electron chi connectivity index (χ4n) is 4.58. The highest BCUT2D eigenvalue weighted by molar-refractivity contribution is 6.00. The summed E-state index contributed by atoms with van der Waals surface area (Å²) in [6.45, 7) is 1.71. The minimum absolute atomic E-state index is 0.000924. The van der Waals surface area contributed by atoms with E-state index in [1.54, 1.807) is 18.2 Å². The fourth-order valence-corrected chi connectivity index (χ4v) is 4.58. The van der Waals surface area contributed by atoms with Crippen LogP contribution in [0.5, 0.6) is 0 Å². The molecule has 33 heavy (non-hydrogen) atoms. The third-order valence-electron chi connectivity index (χ3n) is 6.51. The smallest absolute Gasteiger partial charge is 0.308 e. The summed E-state index contributed by atoms with van der Waals surface area (Å²) in [4.78, 5) is 27.2. The van der Waals surface area contributed by atoms with Gasteiger partial charge < -0.3 is 20.7 Å². The topological polar surface area (TPSA) is 134 Å². The molecule has 1 saturated heterocycles. The largest absolute Gasteiger partial charge is 0.469 e. The van der Waals surface area contributed by atoms with Crippen LogP contribution in [-0.2, 0) is 9.53 Å². The maximum Gasteiger partial charge on any atom is 0.308 e. The first kappa shape index (κ1) is 22.7. The Bertz CT molecular complexity index is 1020. The molecule has 1 aromatic carbocycles. The second kappa shape index (κ2) is 9.97. The van der Waals surface area contributed by atoms with Crippen LogP contribution in [0.3, 0.4) is 0 Å². The molecule has 0 spiro atoms. The number of benzene rings is 1. The number of amidine groups is 1. The molecule has 9 heteroatoms. The summed E-state index contributed by atoms with van der Waals surface area (Å²) in [5.74, 6) is 0.177. The van der Waals surface area contributed by atoms with Crippen molar-refractivity contribution < 1.29 is 14.3 Å². The fraction of sp³-hybridized carbons (Fsp3) is 0.458. The molecule has 2 aliphatic rings. The number of nitrogens with two attached hydrogens (primary N) is 1. The Morgan fingerprint density at radius 3 is 2.36 bits per heavy atom. The van der Waals surface area contributed by atoms with E-state index in [9.17, 15) is 9.59 Å². The Morgan fingerprint density at radius 2 is 1.76 bits per heavy atom. The Labute approximate surface area is 193 Å². The third-order valence-corrected chi connectivity index (χ3v) is 6.51. The van der Waals surface area contributed by atoms with Crippen LogP contribution >= 0.6 is 0 Å². The summed E-state index contributed by atoms with van der Waals surface area (Å²) in [6.07, 6.45) is 5.02. The van der Waals surface area contributed by atoms with Crippen LogP contribution in [0.25, 0.3) is 11.3 Å².